The molecule has 0 spiro atoms. The van der Waals surface area contributed by atoms with Gasteiger partial charge in [0.25, 0.3) is 5.69 Å². The maximum atomic E-state index is 10.5. The standard InChI is InChI=1S/C9H11BrN2O2/c1-2-5-11-7-3-4-9(12(13)14)8(10)6-7/h3-4,6,11H,2,5H2,1H3. The van der Waals surface area contributed by atoms with Crippen molar-refractivity contribution in [2.24, 2.45) is 0 Å². The second kappa shape index (κ2) is 4.95. The van der Waals surface area contributed by atoms with Crippen molar-refractivity contribution < 1.29 is 4.92 Å². The summed E-state index contributed by atoms with van der Waals surface area (Å²) < 4.78 is 0.503. The molecule has 0 amide bonds. The minimum Gasteiger partial charge on any atom is -0.385 e. The summed E-state index contributed by atoms with van der Waals surface area (Å²) in [5.74, 6) is 0. The summed E-state index contributed by atoms with van der Waals surface area (Å²) in [6.45, 7) is 2.93. The van der Waals surface area contributed by atoms with E-state index in [0.717, 1.165) is 18.7 Å². The van der Waals surface area contributed by atoms with Crippen molar-refractivity contribution in [3.63, 3.8) is 0 Å². The van der Waals surface area contributed by atoms with E-state index in [1.54, 1.807) is 12.1 Å². The van der Waals surface area contributed by atoms with Crippen LogP contribution in [-0.2, 0) is 0 Å². The Morgan fingerprint density at radius 1 is 1.57 bits per heavy atom. The fraction of sp³-hybridized carbons (Fsp3) is 0.333. The molecule has 0 aliphatic carbocycles. The lowest BCUT2D eigenvalue weighted by Crippen LogP contribution is -1.99. The lowest BCUT2D eigenvalue weighted by atomic mass is 10.3. The molecule has 0 bridgehead atoms. The highest BCUT2D eigenvalue weighted by atomic mass is 79.9. The molecule has 76 valence electrons. The van der Waals surface area contributed by atoms with Gasteiger partial charge in [-0.1, -0.05) is 6.92 Å². The molecule has 0 heterocycles. The van der Waals surface area contributed by atoms with Gasteiger partial charge < -0.3 is 5.32 Å². The third-order valence-electron chi connectivity index (χ3n) is 1.72. The van der Waals surface area contributed by atoms with Gasteiger partial charge in [0.15, 0.2) is 0 Å². The minimum absolute atomic E-state index is 0.0899. The van der Waals surface area contributed by atoms with Crippen LogP contribution in [-0.4, -0.2) is 11.5 Å². The summed E-state index contributed by atoms with van der Waals surface area (Å²) in [5, 5.41) is 13.7. The van der Waals surface area contributed by atoms with Gasteiger partial charge in [0.1, 0.15) is 0 Å². The van der Waals surface area contributed by atoms with E-state index >= 15 is 0 Å². The minimum atomic E-state index is -0.409. The molecule has 0 aliphatic heterocycles. The Hall–Kier alpha value is -1.10. The topological polar surface area (TPSA) is 55.2 Å². The van der Waals surface area contributed by atoms with Crippen LogP contribution in [0.3, 0.4) is 0 Å². The maximum absolute atomic E-state index is 10.5. The van der Waals surface area contributed by atoms with E-state index in [9.17, 15) is 10.1 Å². The highest BCUT2D eigenvalue weighted by Gasteiger charge is 2.10. The van der Waals surface area contributed by atoms with Crippen LogP contribution in [0, 0.1) is 10.1 Å². The number of benzene rings is 1. The largest absolute Gasteiger partial charge is 0.385 e. The van der Waals surface area contributed by atoms with Crippen molar-refractivity contribution in [1.82, 2.24) is 0 Å². The molecular formula is C9H11BrN2O2. The van der Waals surface area contributed by atoms with Crippen LogP contribution in [0.5, 0.6) is 0 Å². The Kier molecular flexibility index (Phi) is 3.88. The van der Waals surface area contributed by atoms with Gasteiger partial charge in [0.05, 0.1) is 9.40 Å². The number of hydrogen-bond donors (Lipinski definition) is 1. The fourth-order valence-corrected chi connectivity index (χ4v) is 1.56. The van der Waals surface area contributed by atoms with Crippen molar-refractivity contribution in [2.75, 3.05) is 11.9 Å². The van der Waals surface area contributed by atoms with Crippen LogP contribution < -0.4 is 5.32 Å². The van der Waals surface area contributed by atoms with Crippen molar-refractivity contribution in [3.8, 4) is 0 Å². The number of nitro groups is 1. The van der Waals surface area contributed by atoms with Crippen molar-refractivity contribution in [2.45, 2.75) is 13.3 Å². The molecule has 0 fully saturated rings. The van der Waals surface area contributed by atoms with Gasteiger partial charge in [-0.15, -0.1) is 0 Å². The Labute approximate surface area is 90.6 Å². The second-order valence-corrected chi connectivity index (χ2v) is 3.70. The van der Waals surface area contributed by atoms with Gasteiger partial charge in [0.2, 0.25) is 0 Å². The molecule has 0 saturated carbocycles. The molecule has 0 aromatic heterocycles. The first kappa shape index (κ1) is 11.0. The number of nitrogens with one attached hydrogen (secondary N) is 1. The van der Waals surface area contributed by atoms with E-state index in [1.807, 2.05) is 0 Å². The first-order chi connectivity index (χ1) is 6.65. The predicted octanol–water partition coefficient (Wildman–Crippen LogP) is 3.18. The van der Waals surface area contributed by atoms with E-state index in [4.69, 9.17) is 0 Å². The second-order valence-electron chi connectivity index (χ2n) is 2.85. The van der Waals surface area contributed by atoms with Crippen molar-refractivity contribution in [3.05, 3.63) is 32.8 Å². The molecule has 0 radical (unpaired) electrons. The zero-order chi connectivity index (χ0) is 10.6. The zero-order valence-electron chi connectivity index (χ0n) is 7.79. The SMILES string of the molecule is CCCNc1ccc([N+](=O)[O-])c(Br)c1. The summed E-state index contributed by atoms with van der Waals surface area (Å²) >= 11 is 3.16. The fourth-order valence-electron chi connectivity index (χ4n) is 1.03. The summed E-state index contributed by atoms with van der Waals surface area (Å²) in [4.78, 5) is 10.1. The molecule has 1 N–H and O–H groups in total. The van der Waals surface area contributed by atoms with Gasteiger partial charge >= 0.3 is 0 Å². The summed E-state index contributed by atoms with van der Waals surface area (Å²) in [7, 11) is 0. The number of anilines is 1. The van der Waals surface area contributed by atoms with Crippen LogP contribution in [0.4, 0.5) is 11.4 Å². The van der Waals surface area contributed by atoms with Gasteiger partial charge in [-0.3, -0.25) is 10.1 Å². The Balaban J connectivity index is 2.83. The van der Waals surface area contributed by atoms with Gasteiger partial charge in [-0.05, 0) is 34.5 Å². The molecule has 1 rings (SSSR count). The molecule has 0 aliphatic rings. The lowest BCUT2D eigenvalue weighted by molar-refractivity contribution is -0.385. The average molecular weight is 259 g/mol. The number of hydrogen-bond acceptors (Lipinski definition) is 3. The lowest BCUT2D eigenvalue weighted by Gasteiger charge is -2.04. The zero-order valence-corrected chi connectivity index (χ0v) is 9.37. The van der Waals surface area contributed by atoms with Crippen LogP contribution >= 0.6 is 15.9 Å². The first-order valence-corrected chi connectivity index (χ1v) is 5.12. The molecule has 0 unspecified atom stereocenters. The summed E-state index contributed by atoms with van der Waals surface area (Å²) in [5.41, 5.74) is 0.983. The Morgan fingerprint density at radius 2 is 2.29 bits per heavy atom. The molecule has 14 heavy (non-hydrogen) atoms. The molecule has 0 saturated heterocycles. The number of halogens is 1. The molecule has 4 nitrogen and oxygen atoms in total. The summed E-state index contributed by atoms with van der Waals surface area (Å²) in [6, 6.07) is 4.91. The van der Waals surface area contributed by atoms with Gasteiger partial charge in [-0.25, -0.2) is 0 Å². The van der Waals surface area contributed by atoms with Crippen LogP contribution in [0.15, 0.2) is 22.7 Å². The van der Waals surface area contributed by atoms with Crippen LogP contribution in [0.2, 0.25) is 0 Å². The first-order valence-electron chi connectivity index (χ1n) is 4.33. The molecule has 5 heteroatoms. The number of nitrogens with zero attached hydrogens (tertiary/aromatic N) is 1. The highest BCUT2D eigenvalue weighted by molar-refractivity contribution is 9.10. The summed E-state index contributed by atoms with van der Waals surface area (Å²) in [6.07, 6.45) is 1.02. The molecular weight excluding hydrogens is 248 g/mol. The highest BCUT2D eigenvalue weighted by Crippen LogP contribution is 2.27. The number of rotatable bonds is 4. The average Bonchev–Trinajstić information content (AvgIpc) is 2.14. The van der Waals surface area contributed by atoms with E-state index in [1.165, 1.54) is 6.07 Å². The van der Waals surface area contributed by atoms with E-state index < -0.39 is 4.92 Å². The third kappa shape index (κ3) is 2.70. The molecule has 1 aromatic rings. The monoisotopic (exact) mass is 258 g/mol. The maximum Gasteiger partial charge on any atom is 0.283 e. The van der Waals surface area contributed by atoms with Gasteiger partial charge in [0, 0.05) is 18.3 Å². The Morgan fingerprint density at radius 3 is 2.79 bits per heavy atom. The predicted molar refractivity (Wildman–Crippen MR) is 59.6 cm³/mol. The third-order valence-corrected chi connectivity index (χ3v) is 2.36. The van der Waals surface area contributed by atoms with Crippen LogP contribution in [0.25, 0.3) is 0 Å². The Bertz CT molecular complexity index is 342. The van der Waals surface area contributed by atoms with Crippen LogP contribution in [0.1, 0.15) is 13.3 Å². The normalized spacial score (nSPS) is 9.86. The van der Waals surface area contributed by atoms with E-state index in [0.29, 0.717) is 4.47 Å². The van der Waals surface area contributed by atoms with Gasteiger partial charge in [-0.2, -0.15) is 0 Å². The quantitative estimate of drug-likeness (QED) is 0.667. The van der Waals surface area contributed by atoms with E-state index in [2.05, 4.69) is 28.2 Å². The van der Waals surface area contributed by atoms with Crippen molar-refractivity contribution >= 4 is 27.3 Å². The van der Waals surface area contributed by atoms with Crippen molar-refractivity contribution in [1.29, 1.82) is 0 Å². The molecule has 0 atom stereocenters. The van der Waals surface area contributed by atoms with E-state index in [-0.39, 0.29) is 5.69 Å². The molecule has 1 aromatic carbocycles. The number of nitro benzene ring substituents is 1. The smallest absolute Gasteiger partial charge is 0.283 e.